The van der Waals surface area contributed by atoms with Gasteiger partial charge in [-0.15, -0.1) is 0 Å². The highest BCUT2D eigenvalue weighted by atomic mass is 32.1. The zero-order chi connectivity index (χ0) is 15.2. The van der Waals surface area contributed by atoms with E-state index in [2.05, 4.69) is 45.9 Å². The molecule has 0 aliphatic carbocycles. The monoisotopic (exact) mass is 293 g/mol. The van der Waals surface area contributed by atoms with E-state index in [-0.39, 0.29) is 5.41 Å². The summed E-state index contributed by atoms with van der Waals surface area (Å²) in [6, 6.07) is 6.54. The van der Waals surface area contributed by atoms with Crippen LogP contribution in [-0.4, -0.2) is 11.6 Å². The molecule has 0 spiro atoms. The predicted molar refractivity (Wildman–Crippen MR) is 90.7 cm³/mol. The summed E-state index contributed by atoms with van der Waals surface area (Å²) in [7, 11) is 0. The van der Waals surface area contributed by atoms with Crippen molar-refractivity contribution < 1.29 is 4.74 Å². The van der Waals surface area contributed by atoms with Crippen LogP contribution in [0.25, 0.3) is 0 Å². The van der Waals surface area contributed by atoms with Gasteiger partial charge in [0, 0.05) is 0 Å². The maximum Gasteiger partial charge on any atom is 0.122 e. The minimum Gasteiger partial charge on any atom is -0.493 e. The number of nitrogens with two attached hydrogens (primary N) is 1. The van der Waals surface area contributed by atoms with E-state index in [1.54, 1.807) is 0 Å². The Morgan fingerprint density at radius 3 is 2.55 bits per heavy atom. The van der Waals surface area contributed by atoms with E-state index in [1.807, 2.05) is 0 Å². The molecule has 0 unspecified atom stereocenters. The van der Waals surface area contributed by atoms with Gasteiger partial charge in [-0.2, -0.15) is 0 Å². The molecule has 1 aromatic carbocycles. The maximum atomic E-state index is 5.85. The molecule has 0 aromatic heterocycles. The quantitative estimate of drug-likeness (QED) is 0.758. The molecule has 1 rings (SSSR count). The molecule has 0 fully saturated rings. The van der Waals surface area contributed by atoms with E-state index in [1.165, 1.54) is 11.1 Å². The molecule has 0 saturated heterocycles. The number of benzene rings is 1. The molecule has 112 valence electrons. The van der Waals surface area contributed by atoms with Crippen molar-refractivity contribution in [3.63, 3.8) is 0 Å². The van der Waals surface area contributed by atoms with Crippen LogP contribution in [0.5, 0.6) is 5.75 Å². The number of ether oxygens (including phenoxy) is 1. The van der Waals surface area contributed by atoms with Crippen molar-refractivity contribution in [2.75, 3.05) is 6.61 Å². The Labute approximate surface area is 128 Å². The van der Waals surface area contributed by atoms with Crippen LogP contribution in [0.3, 0.4) is 0 Å². The fraction of sp³-hybridized carbons (Fsp3) is 0.588. The summed E-state index contributed by atoms with van der Waals surface area (Å²) >= 11 is 4.95. The molecule has 0 saturated carbocycles. The Balaban J connectivity index is 2.90. The second-order valence-electron chi connectivity index (χ2n) is 6.24. The van der Waals surface area contributed by atoms with Gasteiger partial charge in [0.2, 0.25) is 0 Å². The highest BCUT2D eigenvalue weighted by molar-refractivity contribution is 7.80. The molecule has 0 bridgehead atoms. The molecule has 2 nitrogen and oxygen atoms in total. The summed E-state index contributed by atoms with van der Waals surface area (Å²) < 4.78 is 5.85. The Morgan fingerprint density at radius 2 is 2.00 bits per heavy atom. The minimum atomic E-state index is 0.154. The van der Waals surface area contributed by atoms with Crippen LogP contribution in [0, 0.1) is 0 Å². The lowest BCUT2D eigenvalue weighted by atomic mass is 9.85. The van der Waals surface area contributed by atoms with Gasteiger partial charge in [-0.25, -0.2) is 0 Å². The van der Waals surface area contributed by atoms with E-state index >= 15 is 0 Å². The molecule has 0 radical (unpaired) electrons. The molecular formula is C17H27NOS. The fourth-order valence-electron chi connectivity index (χ4n) is 2.05. The van der Waals surface area contributed by atoms with E-state index in [0.717, 1.165) is 38.0 Å². The standard InChI is InChI=1S/C17H27NOS/c1-5-11-19-15-10-9-14(17(2,3)4)12-13(15)7-6-8-16(18)20/h9-10,12H,5-8,11H2,1-4H3,(H2,18,20). The van der Waals surface area contributed by atoms with Crippen LogP contribution in [-0.2, 0) is 11.8 Å². The molecule has 2 N–H and O–H groups in total. The molecule has 0 amide bonds. The zero-order valence-electron chi connectivity index (χ0n) is 13.2. The Hall–Kier alpha value is -1.09. The highest BCUT2D eigenvalue weighted by Gasteiger charge is 2.16. The van der Waals surface area contributed by atoms with Gasteiger partial charge in [-0.05, 0) is 48.3 Å². The summed E-state index contributed by atoms with van der Waals surface area (Å²) in [5.41, 5.74) is 8.33. The molecular weight excluding hydrogens is 266 g/mol. The zero-order valence-corrected chi connectivity index (χ0v) is 14.0. The van der Waals surface area contributed by atoms with Crippen LogP contribution in [0.15, 0.2) is 18.2 Å². The van der Waals surface area contributed by atoms with Gasteiger partial charge in [0.25, 0.3) is 0 Å². The Morgan fingerprint density at radius 1 is 1.30 bits per heavy atom. The molecule has 0 aliphatic heterocycles. The van der Waals surface area contributed by atoms with Gasteiger partial charge >= 0.3 is 0 Å². The summed E-state index contributed by atoms with van der Waals surface area (Å²) in [5, 5.41) is 0. The number of hydrogen-bond acceptors (Lipinski definition) is 2. The molecule has 0 heterocycles. The van der Waals surface area contributed by atoms with Crippen molar-refractivity contribution in [3.8, 4) is 5.75 Å². The third kappa shape index (κ3) is 5.49. The maximum absolute atomic E-state index is 5.85. The van der Waals surface area contributed by atoms with Crippen LogP contribution >= 0.6 is 12.2 Å². The van der Waals surface area contributed by atoms with Gasteiger partial charge in [0.05, 0.1) is 11.6 Å². The van der Waals surface area contributed by atoms with E-state index < -0.39 is 0 Å². The Bertz CT molecular complexity index is 449. The third-order valence-corrected chi connectivity index (χ3v) is 3.46. The molecule has 0 aliphatic rings. The lowest BCUT2D eigenvalue weighted by molar-refractivity contribution is 0.313. The number of aryl methyl sites for hydroxylation is 1. The predicted octanol–water partition coefficient (Wildman–Crippen LogP) is 4.38. The van der Waals surface area contributed by atoms with E-state index in [0.29, 0.717) is 4.99 Å². The van der Waals surface area contributed by atoms with E-state index in [9.17, 15) is 0 Å². The van der Waals surface area contributed by atoms with Crippen molar-refractivity contribution in [2.45, 2.75) is 58.8 Å². The first-order valence-electron chi connectivity index (χ1n) is 7.39. The lowest BCUT2D eigenvalue weighted by Crippen LogP contribution is -2.12. The van der Waals surface area contributed by atoms with Crippen LogP contribution < -0.4 is 10.5 Å². The molecule has 0 atom stereocenters. The average molecular weight is 293 g/mol. The van der Waals surface area contributed by atoms with Crippen molar-refractivity contribution in [3.05, 3.63) is 29.3 Å². The smallest absolute Gasteiger partial charge is 0.122 e. The van der Waals surface area contributed by atoms with E-state index in [4.69, 9.17) is 22.7 Å². The first-order valence-corrected chi connectivity index (χ1v) is 7.80. The highest BCUT2D eigenvalue weighted by Crippen LogP contribution is 2.29. The number of thiocarbonyl (C=S) groups is 1. The molecule has 1 aromatic rings. The lowest BCUT2D eigenvalue weighted by Gasteiger charge is -2.21. The van der Waals surface area contributed by atoms with Gasteiger partial charge < -0.3 is 10.5 Å². The van der Waals surface area contributed by atoms with Gasteiger partial charge in [-0.3, -0.25) is 0 Å². The van der Waals surface area contributed by atoms with Crippen LogP contribution in [0.2, 0.25) is 0 Å². The first kappa shape index (κ1) is 17.0. The summed E-state index contributed by atoms with van der Waals surface area (Å²) in [6.45, 7) is 9.57. The van der Waals surface area contributed by atoms with Crippen molar-refractivity contribution in [1.82, 2.24) is 0 Å². The first-order chi connectivity index (χ1) is 9.34. The number of rotatable bonds is 7. The largest absolute Gasteiger partial charge is 0.493 e. The third-order valence-electron chi connectivity index (χ3n) is 3.26. The van der Waals surface area contributed by atoms with Crippen LogP contribution in [0.4, 0.5) is 0 Å². The van der Waals surface area contributed by atoms with Gasteiger partial charge in [0.1, 0.15) is 5.75 Å². The second kappa shape index (κ2) is 7.63. The minimum absolute atomic E-state index is 0.154. The van der Waals surface area contributed by atoms with Gasteiger partial charge in [0.15, 0.2) is 0 Å². The van der Waals surface area contributed by atoms with Gasteiger partial charge in [-0.1, -0.05) is 52.0 Å². The topological polar surface area (TPSA) is 35.2 Å². The van der Waals surface area contributed by atoms with Crippen molar-refractivity contribution in [1.29, 1.82) is 0 Å². The fourth-order valence-corrected chi connectivity index (χ4v) is 2.19. The van der Waals surface area contributed by atoms with Crippen molar-refractivity contribution >= 4 is 17.2 Å². The second-order valence-corrected chi connectivity index (χ2v) is 6.77. The van der Waals surface area contributed by atoms with Crippen LogP contribution in [0.1, 0.15) is 58.1 Å². The number of hydrogen-bond donors (Lipinski definition) is 1. The summed E-state index contributed by atoms with van der Waals surface area (Å²) in [5.74, 6) is 1.00. The SMILES string of the molecule is CCCOc1ccc(C(C)(C)C)cc1CCCC(N)=S. The summed E-state index contributed by atoms with van der Waals surface area (Å²) in [6.07, 6.45) is 3.75. The molecule has 20 heavy (non-hydrogen) atoms. The Kier molecular flexibility index (Phi) is 6.47. The molecule has 3 heteroatoms. The van der Waals surface area contributed by atoms with Crippen molar-refractivity contribution in [2.24, 2.45) is 5.73 Å². The normalized spacial score (nSPS) is 11.4. The summed E-state index contributed by atoms with van der Waals surface area (Å²) in [4.78, 5) is 0.591. The average Bonchev–Trinajstić information content (AvgIpc) is 2.35.